The number of esters is 3. The second-order valence-electron chi connectivity index (χ2n) is 19.5. The molecule has 6 unspecified atom stereocenters. The lowest BCUT2D eigenvalue weighted by Crippen LogP contribution is -2.61. The molecule has 1 fully saturated rings. The number of aliphatic hydroxyl groups is 2. The number of hydrogen-bond donors (Lipinski definition) is 3. The van der Waals surface area contributed by atoms with Crippen LogP contribution in [0.25, 0.3) is 0 Å². The molecule has 0 aromatic rings. The highest BCUT2D eigenvalue weighted by molar-refractivity contribution is 5.74. The quantitative estimate of drug-likeness (QED) is 0.0228. The lowest BCUT2D eigenvalue weighted by atomic mass is 9.98. The van der Waals surface area contributed by atoms with Gasteiger partial charge in [0.2, 0.25) is 0 Å². The summed E-state index contributed by atoms with van der Waals surface area (Å²) in [7, 11) is 0. The molecule has 12 nitrogen and oxygen atoms in total. The van der Waals surface area contributed by atoms with Crippen LogP contribution in [-0.2, 0) is 42.9 Å². The first-order chi connectivity index (χ1) is 36.6. The van der Waals surface area contributed by atoms with Gasteiger partial charge in [-0.1, -0.05) is 189 Å². The summed E-state index contributed by atoms with van der Waals surface area (Å²) in [4.78, 5) is 51.1. The van der Waals surface area contributed by atoms with Crippen molar-refractivity contribution in [1.82, 2.24) is 0 Å². The second-order valence-corrected chi connectivity index (χ2v) is 19.5. The fraction of sp³-hybridized carbons (Fsp3) is 0.683. The van der Waals surface area contributed by atoms with Crippen LogP contribution in [0.3, 0.4) is 0 Å². The number of carboxylic acid groups (broad SMARTS) is 1. The summed E-state index contributed by atoms with van der Waals surface area (Å²) in [5.41, 5.74) is 0. The maximum Gasteiger partial charge on any atom is 0.335 e. The number of ether oxygens (including phenoxy) is 5. The van der Waals surface area contributed by atoms with Crippen molar-refractivity contribution < 1.29 is 58.2 Å². The van der Waals surface area contributed by atoms with E-state index < -0.39 is 67.3 Å². The number of allylic oxidation sites excluding steroid dienone is 16. The van der Waals surface area contributed by atoms with Crippen molar-refractivity contribution in [1.29, 1.82) is 0 Å². The molecular weight excluding hydrogens is 949 g/mol. The molecule has 6 atom stereocenters. The number of aliphatic carboxylic acids is 1. The van der Waals surface area contributed by atoms with Gasteiger partial charge in [-0.2, -0.15) is 0 Å². The Labute approximate surface area is 453 Å². The van der Waals surface area contributed by atoms with Crippen molar-refractivity contribution in [2.24, 2.45) is 0 Å². The lowest BCUT2D eigenvalue weighted by Gasteiger charge is -2.40. The standard InChI is InChI=1S/C63H102O12/c1-4-7-10-13-16-19-22-25-27-28-30-32-34-37-40-43-46-49-55(64)71-52-54(73-56(65)50-47-44-41-38-35-31-24-21-18-15-12-9-6-3)53-72-63-61(59(68)58(67)60(75-63)62(69)70)74-57(66)51-48-45-42-39-36-33-29-26-23-20-17-14-11-8-5-2/h8-9,11-12,16-21,25-27,29,31,35,54,58-61,63,67-68H,4-7,10,13-15,22-24,28,30,32-34,36-53H2,1-3H3,(H,69,70)/b11-8-,12-9-,19-16-,20-17-,21-18-,27-25-,29-26-,35-31-. The third kappa shape index (κ3) is 40.6. The Bertz CT molecular complexity index is 1670. The topological polar surface area (TPSA) is 175 Å². The summed E-state index contributed by atoms with van der Waals surface area (Å²) in [6.07, 6.45) is 53.8. The molecular formula is C63H102O12. The predicted octanol–water partition coefficient (Wildman–Crippen LogP) is 14.9. The Hall–Kier alpha value is -4.36. The Morgan fingerprint density at radius 1 is 0.453 bits per heavy atom. The molecule has 0 aliphatic carbocycles. The van der Waals surface area contributed by atoms with Crippen molar-refractivity contribution in [2.75, 3.05) is 13.2 Å². The summed E-state index contributed by atoms with van der Waals surface area (Å²) in [5, 5.41) is 31.5. The first-order valence-corrected chi connectivity index (χ1v) is 29.2. The van der Waals surface area contributed by atoms with Gasteiger partial charge in [0, 0.05) is 19.3 Å². The highest BCUT2D eigenvalue weighted by Crippen LogP contribution is 2.26. The van der Waals surface area contributed by atoms with Crippen molar-refractivity contribution in [3.63, 3.8) is 0 Å². The number of aliphatic hydroxyl groups excluding tert-OH is 2. The highest BCUT2D eigenvalue weighted by atomic mass is 16.7. The number of rotatable bonds is 48. The van der Waals surface area contributed by atoms with Crippen LogP contribution in [0.2, 0.25) is 0 Å². The Balaban J connectivity index is 2.72. The van der Waals surface area contributed by atoms with E-state index in [9.17, 15) is 34.5 Å². The zero-order valence-corrected chi connectivity index (χ0v) is 46.8. The maximum atomic E-state index is 13.1. The zero-order valence-electron chi connectivity index (χ0n) is 46.8. The molecule has 1 saturated heterocycles. The third-order valence-electron chi connectivity index (χ3n) is 12.6. The molecule has 0 aromatic heterocycles. The first-order valence-electron chi connectivity index (χ1n) is 29.2. The molecule has 0 aromatic carbocycles. The largest absolute Gasteiger partial charge is 0.479 e. The van der Waals surface area contributed by atoms with E-state index in [1.165, 1.54) is 38.5 Å². The SMILES string of the molecule is CC/C=C\C/C=C\C/C=C\CCCCCCCC(=O)OC1C(OCC(COC(=O)CCCCCCCCC/C=C\C/C=C\CCCCC)OC(=O)CCCCC/C=C\C/C=C\C/C=C\CC)OC(C(=O)O)C(O)C1O. The molecule has 426 valence electrons. The van der Waals surface area contributed by atoms with Crippen LogP contribution in [0.4, 0.5) is 0 Å². The van der Waals surface area contributed by atoms with E-state index in [1.807, 2.05) is 0 Å². The van der Waals surface area contributed by atoms with E-state index >= 15 is 0 Å². The number of unbranched alkanes of at least 4 members (excludes halogenated alkanes) is 18. The summed E-state index contributed by atoms with van der Waals surface area (Å²) >= 11 is 0. The minimum absolute atomic E-state index is 0.0324. The maximum absolute atomic E-state index is 13.1. The summed E-state index contributed by atoms with van der Waals surface area (Å²) in [6.45, 7) is 5.69. The zero-order chi connectivity index (χ0) is 54.7. The molecule has 0 radical (unpaired) electrons. The Kier molecular flexibility index (Phi) is 46.2. The van der Waals surface area contributed by atoms with Gasteiger partial charge in [0.1, 0.15) is 18.8 Å². The van der Waals surface area contributed by atoms with E-state index in [-0.39, 0.29) is 25.9 Å². The molecule has 75 heavy (non-hydrogen) atoms. The third-order valence-corrected chi connectivity index (χ3v) is 12.6. The predicted molar refractivity (Wildman–Crippen MR) is 303 cm³/mol. The van der Waals surface area contributed by atoms with Crippen LogP contribution >= 0.6 is 0 Å². The smallest absolute Gasteiger partial charge is 0.335 e. The van der Waals surface area contributed by atoms with Crippen LogP contribution in [0.5, 0.6) is 0 Å². The minimum Gasteiger partial charge on any atom is -0.479 e. The van der Waals surface area contributed by atoms with E-state index in [2.05, 4.69) is 118 Å². The molecule has 0 bridgehead atoms. The van der Waals surface area contributed by atoms with E-state index in [0.29, 0.717) is 19.3 Å². The van der Waals surface area contributed by atoms with Gasteiger partial charge in [-0.3, -0.25) is 14.4 Å². The normalized spacial score (nSPS) is 18.9. The van der Waals surface area contributed by atoms with Gasteiger partial charge in [0.15, 0.2) is 24.6 Å². The van der Waals surface area contributed by atoms with E-state index in [4.69, 9.17) is 23.7 Å². The van der Waals surface area contributed by atoms with Gasteiger partial charge in [0.05, 0.1) is 6.61 Å². The molecule has 0 spiro atoms. The Morgan fingerprint density at radius 2 is 0.840 bits per heavy atom. The monoisotopic (exact) mass is 1050 g/mol. The fourth-order valence-electron chi connectivity index (χ4n) is 8.19. The van der Waals surface area contributed by atoms with Gasteiger partial charge in [-0.15, -0.1) is 0 Å². The molecule has 1 aliphatic heterocycles. The van der Waals surface area contributed by atoms with Gasteiger partial charge < -0.3 is 39.0 Å². The van der Waals surface area contributed by atoms with Gasteiger partial charge >= 0.3 is 23.9 Å². The molecule has 1 rings (SSSR count). The number of carbonyl (C=O) groups is 4. The highest BCUT2D eigenvalue weighted by Gasteiger charge is 2.50. The number of hydrogen-bond acceptors (Lipinski definition) is 11. The van der Waals surface area contributed by atoms with Crippen molar-refractivity contribution in [3.05, 3.63) is 97.2 Å². The first kappa shape index (κ1) is 68.7. The molecule has 12 heteroatoms. The molecule has 0 amide bonds. The van der Waals surface area contributed by atoms with Crippen LogP contribution in [-0.4, -0.2) is 89.2 Å². The lowest BCUT2D eigenvalue weighted by molar-refractivity contribution is -0.301. The fourth-order valence-corrected chi connectivity index (χ4v) is 8.19. The number of carboxylic acids is 1. The van der Waals surface area contributed by atoms with E-state index in [0.717, 1.165) is 128 Å². The van der Waals surface area contributed by atoms with Crippen LogP contribution < -0.4 is 0 Å². The molecule has 1 aliphatic rings. The van der Waals surface area contributed by atoms with Crippen LogP contribution in [0.15, 0.2) is 97.2 Å². The van der Waals surface area contributed by atoms with Crippen molar-refractivity contribution in [3.8, 4) is 0 Å². The van der Waals surface area contributed by atoms with Crippen molar-refractivity contribution in [2.45, 2.75) is 263 Å². The Morgan fingerprint density at radius 3 is 1.29 bits per heavy atom. The number of carbonyl (C=O) groups excluding carboxylic acids is 3. The molecule has 1 heterocycles. The second kappa shape index (κ2) is 50.5. The van der Waals surface area contributed by atoms with Gasteiger partial charge in [-0.25, -0.2) is 4.79 Å². The summed E-state index contributed by atoms with van der Waals surface area (Å²) in [6, 6.07) is 0. The van der Waals surface area contributed by atoms with Crippen molar-refractivity contribution >= 4 is 23.9 Å². The van der Waals surface area contributed by atoms with Gasteiger partial charge in [-0.05, 0) is 116 Å². The summed E-state index contributed by atoms with van der Waals surface area (Å²) < 4.78 is 28.4. The molecule has 3 N–H and O–H groups in total. The van der Waals surface area contributed by atoms with Crippen LogP contribution in [0, 0.1) is 0 Å². The average Bonchev–Trinajstić information content (AvgIpc) is 3.39. The summed E-state index contributed by atoms with van der Waals surface area (Å²) in [5.74, 6) is -3.20. The van der Waals surface area contributed by atoms with Gasteiger partial charge in [0.25, 0.3) is 0 Å². The minimum atomic E-state index is -1.92. The molecule has 0 saturated carbocycles. The average molecular weight is 1050 g/mol. The van der Waals surface area contributed by atoms with E-state index in [1.54, 1.807) is 0 Å². The van der Waals surface area contributed by atoms with Crippen LogP contribution in [0.1, 0.15) is 226 Å².